The second-order valence-electron chi connectivity index (χ2n) is 12.7. The van der Waals surface area contributed by atoms with E-state index in [9.17, 15) is 0 Å². The van der Waals surface area contributed by atoms with Crippen LogP contribution in [0.4, 0.5) is 0 Å². The van der Waals surface area contributed by atoms with E-state index in [1.54, 1.807) is 38.7 Å². The molecule has 0 bridgehead atoms. The monoisotopic (exact) mass is 990 g/mol. The number of aromatic nitrogens is 6. The Hall–Kier alpha value is -6.36. The van der Waals surface area contributed by atoms with Crippen LogP contribution >= 0.6 is 0 Å². The Labute approximate surface area is 367 Å². The zero-order valence-electron chi connectivity index (χ0n) is 31.9. The Morgan fingerprint density at radius 1 is 0.322 bits per heavy atom. The molecule has 0 radical (unpaired) electrons. The maximum absolute atomic E-state index is 5.13. The van der Waals surface area contributed by atoms with Crippen LogP contribution in [0.1, 0.15) is 0 Å². The van der Waals surface area contributed by atoms with Gasteiger partial charge in [-0.3, -0.25) is 9.97 Å². The van der Waals surface area contributed by atoms with Crippen LogP contribution in [-0.4, -0.2) is 44.1 Å². The van der Waals surface area contributed by atoms with Crippen molar-refractivity contribution in [2.75, 3.05) is 14.2 Å². The van der Waals surface area contributed by atoms with Gasteiger partial charge in [0, 0.05) is 46.1 Å². The molecule has 0 atom stereocenters. The van der Waals surface area contributed by atoms with Crippen LogP contribution in [0, 0.1) is 0 Å². The predicted octanol–water partition coefficient (Wildman–Crippen LogP) is 5.07. The van der Waals surface area contributed by atoms with Crippen molar-refractivity contribution in [1.82, 2.24) is 29.9 Å². The third kappa shape index (κ3) is 10.6. The van der Waals surface area contributed by atoms with Gasteiger partial charge in [-0.05, 0) is 60.7 Å². The summed E-state index contributed by atoms with van der Waals surface area (Å²) < 4.78 is 10.3. The van der Waals surface area contributed by atoms with E-state index in [2.05, 4.69) is 78.4 Å². The number of methoxy groups -OCH3 is 2. The fourth-order valence-corrected chi connectivity index (χ4v) is 6.19. The molecule has 0 aliphatic heterocycles. The molecule has 0 unspecified atom stereocenters. The standard InChI is InChI=1S/2C18H12N2.C12H12N2O2.2ClH.Os/c2*1-3-7-15-13(5-1)9-11-17(19-15)18-12-10-14-6-2-4-8-16(14)20-18;1-15-9-3-5-13-11(7-9)12-8-10(16-2)4-6-14-12;;;/h2*1-12H;3-8H,1-2H3;2*1H;/q;;;;;+6/p-2. The summed E-state index contributed by atoms with van der Waals surface area (Å²) in [6.45, 7) is 0. The van der Waals surface area contributed by atoms with E-state index in [0.717, 1.165) is 89.3 Å². The van der Waals surface area contributed by atoms with Gasteiger partial charge in [0.05, 0.1) is 70.4 Å². The van der Waals surface area contributed by atoms with E-state index in [1.807, 2.05) is 109 Å². The molecule has 59 heavy (non-hydrogen) atoms. The van der Waals surface area contributed by atoms with Crippen molar-refractivity contribution in [3.05, 3.63) is 182 Å². The molecule has 0 fully saturated rings. The summed E-state index contributed by atoms with van der Waals surface area (Å²) in [5.74, 6) is 1.52. The van der Waals surface area contributed by atoms with Gasteiger partial charge in [0.25, 0.3) is 0 Å². The molecule has 10 rings (SSSR count). The zero-order chi connectivity index (χ0) is 38.1. The number of fused-ring (bicyclic) bond motifs is 4. The molecule has 0 N–H and O–H groups in total. The Morgan fingerprint density at radius 2 is 0.593 bits per heavy atom. The quantitative estimate of drug-likeness (QED) is 0.237. The minimum absolute atomic E-state index is 0. The number of nitrogens with zero attached hydrogens (tertiary/aromatic N) is 6. The van der Waals surface area contributed by atoms with Gasteiger partial charge in [0.15, 0.2) is 0 Å². The van der Waals surface area contributed by atoms with E-state index >= 15 is 0 Å². The van der Waals surface area contributed by atoms with E-state index in [0.29, 0.717) is 0 Å². The van der Waals surface area contributed by atoms with E-state index < -0.39 is 0 Å². The maximum atomic E-state index is 5.13. The first-order valence-electron chi connectivity index (χ1n) is 18.1. The van der Waals surface area contributed by atoms with Crippen molar-refractivity contribution < 1.29 is 54.1 Å². The van der Waals surface area contributed by atoms with Crippen molar-refractivity contribution >= 4 is 43.6 Å². The van der Waals surface area contributed by atoms with E-state index in [-0.39, 0.29) is 44.6 Å². The molecule has 0 saturated carbocycles. The largest absolute Gasteiger partial charge is 6.00 e. The van der Waals surface area contributed by atoms with Gasteiger partial charge in [-0.25, -0.2) is 19.9 Å². The van der Waals surface area contributed by atoms with Crippen LogP contribution in [0.15, 0.2) is 182 Å². The number of hydrogen-bond donors (Lipinski definition) is 0. The summed E-state index contributed by atoms with van der Waals surface area (Å²) in [7, 11) is 3.25. The third-order valence-corrected chi connectivity index (χ3v) is 9.12. The van der Waals surface area contributed by atoms with Gasteiger partial charge in [-0.2, -0.15) is 0 Å². The average molecular weight is 990 g/mol. The molecule has 0 spiro atoms. The number of pyridine rings is 6. The smallest absolute Gasteiger partial charge is 1.00 e. The van der Waals surface area contributed by atoms with Crippen LogP contribution < -0.4 is 34.3 Å². The fraction of sp³-hybridized carbons (Fsp3) is 0.0417. The number of hydrogen-bond acceptors (Lipinski definition) is 8. The first-order valence-corrected chi connectivity index (χ1v) is 18.1. The van der Waals surface area contributed by atoms with E-state index in [1.165, 1.54) is 0 Å². The molecule has 288 valence electrons. The van der Waals surface area contributed by atoms with Gasteiger partial charge < -0.3 is 34.3 Å². The topological polar surface area (TPSA) is 95.8 Å². The van der Waals surface area contributed by atoms with Crippen LogP contribution in [0.2, 0.25) is 0 Å². The first kappa shape index (κ1) is 43.8. The molecule has 0 amide bonds. The number of halogens is 2. The summed E-state index contributed by atoms with van der Waals surface area (Å²) in [4.78, 5) is 27.2. The third-order valence-electron chi connectivity index (χ3n) is 9.12. The number of benzene rings is 4. The van der Waals surface area contributed by atoms with Gasteiger partial charge >= 0.3 is 19.8 Å². The summed E-state index contributed by atoms with van der Waals surface area (Å²) in [6, 6.07) is 56.3. The summed E-state index contributed by atoms with van der Waals surface area (Å²) in [5.41, 5.74) is 9.17. The Kier molecular flexibility index (Phi) is 15.5. The molecule has 6 aromatic heterocycles. The fourth-order valence-electron chi connectivity index (χ4n) is 6.19. The minimum atomic E-state index is 0. The summed E-state index contributed by atoms with van der Waals surface area (Å²) >= 11 is 0. The molecule has 0 aliphatic carbocycles. The predicted molar refractivity (Wildman–Crippen MR) is 226 cm³/mol. The molecule has 0 saturated heterocycles. The van der Waals surface area contributed by atoms with Crippen LogP contribution in [0.5, 0.6) is 11.5 Å². The molecular formula is C48H36Cl2N6O2Os+4. The van der Waals surface area contributed by atoms with Crippen LogP contribution in [0.3, 0.4) is 0 Å². The summed E-state index contributed by atoms with van der Waals surface area (Å²) in [6.07, 6.45) is 3.38. The molecule has 4 aromatic carbocycles. The van der Waals surface area contributed by atoms with E-state index in [4.69, 9.17) is 9.47 Å². The Morgan fingerprint density at radius 3 is 0.864 bits per heavy atom. The Balaban J connectivity index is 0.000000165. The number of rotatable bonds is 5. The normalized spacial score (nSPS) is 10.1. The first-order chi connectivity index (χ1) is 27.6. The number of ether oxygens (including phenoxy) is 2. The number of para-hydroxylation sites is 4. The van der Waals surface area contributed by atoms with Gasteiger partial charge in [-0.1, -0.05) is 97.1 Å². The molecule has 11 heteroatoms. The Bertz CT molecular complexity index is 2600. The second-order valence-corrected chi connectivity index (χ2v) is 12.7. The van der Waals surface area contributed by atoms with Gasteiger partial charge in [0.2, 0.25) is 0 Å². The SMILES string of the molecule is COc1ccnc(-c2cc(OC)ccn2)c1.[Cl-].[Cl-].[Os+6].c1ccc2nc(-c3ccc4ccccc4n3)ccc2c1.c1ccc2nc(-c3ccc4ccccc4n3)ccc2c1. The molecule has 0 aliphatic rings. The van der Waals surface area contributed by atoms with Crippen molar-refractivity contribution in [2.24, 2.45) is 0 Å². The van der Waals surface area contributed by atoms with Crippen LogP contribution in [0.25, 0.3) is 77.8 Å². The summed E-state index contributed by atoms with van der Waals surface area (Å²) in [5, 5.41) is 4.60. The van der Waals surface area contributed by atoms with Gasteiger partial charge in [0.1, 0.15) is 11.5 Å². The average Bonchev–Trinajstić information content (AvgIpc) is 3.28. The second kappa shape index (κ2) is 20.9. The van der Waals surface area contributed by atoms with Crippen molar-refractivity contribution in [3.63, 3.8) is 0 Å². The molecule has 8 nitrogen and oxygen atoms in total. The van der Waals surface area contributed by atoms with Crippen LogP contribution in [-0.2, 0) is 19.8 Å². The van der Waals surface area contributed by atoms with Crippen molar-refractivity contribution in [3.8, 4) is 45.7 Å². The molecular weight excluding hydrogens is 954 g/mol. The van der Waals surface area contributed by atoms with Crippen molar-refractivity contribution in [2.45, 2.75) is 0 Å². The molecule has 10 aromatic rings. The van der Waals surface area contributed by atoms with Crippen molar-refractivity contribution in [1.29, 1.82) is 0 Å². The zero-order valence-corrected chi connectivity index (χ0v) is 36.0. The maximum Gasteiger partial charge on any atom is 6.00 e. The molecule has 6 heterocycles. The minimum Gasteiger partial charge on any atom is -1.00 e. The van der Waals surface area contributed by atoms with Gasteiger partial charge in [-0.15, -0.1) is 0 Å².